The van der Waals surface area contributed by atoms with Crippen molar-refractivity contribution in [1.82, 2.24) is 4.72 Å². The van der Waals surface area contributed by atoms with E-state index >= 15 is 0 Å². The Morgan fingerprint density at radius 1 is 1.04 bits per heavy atom. The van der Waals surface area contributed by atoms with E-state index in [4.69, 9.17) is 0 Å². The Morgan fingerprint density at radius 3 is 2.26 bits per heavy atom. The van der Waals surface area contributed by atoms with Crippen molar-refractivity contribution in [3.8, 4) is 0 Å². The molecule has 0 unspecified atom stereocenters. The second kappa shape index (κ2) is 5.73. The third kappa shape index (κ3) is 3.31. The molecule has 23 heavy (non-hydrogen) atoms. The minimum atomic E-state index is -3.53. The summed E-state index contributed by atoms with van der Waals surface area (Å²) in [5.41, 5.74) is 2.81. The highest BCUT2D eigenvalue weighted by atomic mass is 32.2. The second-order valence-electron chi connectivity index (χ2n) is 6.36. The number of halogens is 1. The molecule has 122 valence electrons. The van der Waals surface area contributed by atoms with Crippen molar-refractivity contribution in [2.24, 2.45) is 0 Å². The summed E-state index contributed by atoms with van der Waals surface area (Å²) in [6.45, 7) is 4.19. The molecule has 5 heteroatoms. The first-order chi connectivity index (χ1) is 10.8. The highest BCUT2D eigenvalue weighted by Gasteiger charge is 2.44. The maximum Gasteiger partial charge on any atom is 0.240 e. The Hall–Kier alpha value is -1.72. The molecule has 0 bridgehead atoms. The number of hydrogen-bond acceptors (Lipinski definition) is 2. The Bertz CT molecular complexity index is 825. The number of rotatable bonds is 5. The summed E-state index contributed by atoms with van der Waals surface area (Å²) in [4.78, 5) is 0.288. The maximum atomic E-state index is 13.1. The molecule has 3 rings (SSSR count). The lowest BCUT2D eigenvalue weighted by atomic mass is 9.96. The third-order valence-electron chi connectivity index (χ3n) is 4.70. The monoisotopic (exact) mass is 333 g/mol. The van der Waals surface area contributed by atoms with Gasteiger partial charge >= 0.3 is 0 Å². The molecule has 1 aliphatic rings. The van der Waals surface area contributed by atoms with E-state index in [0.717, 1.165) is 29.5 Å². The summed E-state index contributed by atoms with van der Waals surface area (Å²) in [5.74, 6) is -0.278. The summed E-state index contributed by atoms with van der Waals surface area (Å²) in [7, 11) is -3.53. The molecule has 0 heterocycles. The second-order valence-corrected chi connectivity index (χ2v) is 8.12. The minimum Gasteiger partial charge on any atom is -0.210 e. The van der Waals surface area contributed by atoms with Crippen LogP contribution in [-0.4, -0.2) is 15.0 Å². The molecule has 0 atom stereocenters. The molecule has 1 fully saturated rings. The smallest absolute Gasteiger partial charge is 0.210 e. The first kappa shape index (κ1) is 16.1. The highest BCUT2D eigenvalue weighted by molar-refractivity contribution is 7.89. The van der Waals surface area contributed by atoms with E-state index in [2.05, 4.69) is 4.72 Å². The summed E-state index contributed by atoms with van der Waals surface area (Å²) in [5, 5.41) is 0. The van der Waals surface area contributed by atoms with Crippen molar-refractivity contribution in [3.05, 3.63) is 65.0 Å². The van der Waals surface area contributed by atoms with Gasteiger partial charge in [0.25, 0.3) is 0 Å². The molecule has 2 aromatic carbocycles. The lowest BCUT2D eigenvalue weighted by Crippen LogP contribution is -2.32. The molecule has 1 N–H and O–H groups in total. The molecule has 0 radical (unpaired) electrons. The van der Waals surface area contributed by atoms with E-state index < -0.39 is 10.0 Å². The van der Waals surface area contributed by atoms with Crippen LogP contribution in [0.25, 0.3) is 0 Å². The Labute approximate surface area is 136 Å². The zero-order valence-corrected chi connectivity index (χ0v) is 14.1. The Kier molecular flexibility index (Phi) is 4.02. The number of aryl methyl sites for hydroxylation is 2. The van der Waals surface area contributed by atoms with Gasteiger partial charge < -0.3 is 0 Å². The topological polar surface area (TPSA) is 46.2 Å². The van der Waals surface area contributed by atoms with Crippen LogP contribution in [0.3, 0.4) is 0 Å². The van der Waals surface area contributed by atoms with Crippen LogP contribution in [0, 0.1) is 19.7 Å². The van der Waals surface area contributed by atoms with Gasteiger partial charge in [-0.25, -0.2) is 17.5 Å². The van der Waals surface area contributed by atoms with Crippen LogP contribution < -0.4 is 4.72 Å². The SMILES string of the molecule is Cc1ccc(S(=O)(=O)NCC2(c3ccc(F)cc3)CC2)cc1C. The molecule has 1 saturated carbocycles. The van der Waals surface area contributed by atoms with Crippen LogP contribution >= 0.6 is 0 Å². The maximum absolute atomic E-state index is 13.1. The van der Waals surface area contributed by atoms with Gasteiger partial charge in [-0.2, -0.15) is 0 Å². The van der Waals surface area contributed by atoms with Crippen molar-refractivity contribution in [2.75, 3.05) is 6.54 Å². The van der Waals surface area contributed by atoms with E-state index in [-0.39, 0.29) is 16.1 Å². The molecule has 0 spiro atoms. The largest absolute Gasteiger partial charge is 0.240 e. The van der Waals surface area contributed by atoms with Crippen molar-refractivity contribution >= 4 is 10.0 Å². The standard InChI is InChI=1S/C18H20FNO2S/c1-13-3-8-17(11-14(13)2)23(21,22)20-12-18(9-10-18)15-4-6-16(19)7-5-15/h3-8,11,20H,9-10,12H2,1-2H3. The molecule has 3 nitrogen and oxygen atoms in total. The lowest BCUT2D eigenvalue weighted by Gasteiger charge is -2.17. The first-order valence-electron chi connectivity index (χ1n) is 7.65. The van der Waals surface area contributed by atoms with E-state index in [9.17, 15) is 12.8 Å². The van der Waals surface area contributed by atoms with Gasteiger partial charge in [0.05, 0.1) is 4.90 Å². The van der Waals surface area contributed by atoms with Crippen LogP contribution in [0.15, 0.2) is 47.4 Å². The van der Waals surface area contributed by atoms with E-state index in [1.807, 2.05) is 19.9 Å². The van der Waals surface area contributed by atoms with Gasteiger partial charge in [0.15, 0.2) is 0 Å². The van der Waals surface area contributed by atoms with Gasteiger partial charge in [-0.3, -0.25) is 0 Å². The summed E-state index contributed by atoms with van der Waals surface area (Å²) < 4.78 is 40.7. The Balaban J connectivity index is 1.76. The molecule has 0 saturated heterocycles. The van der Waals surface area contributed by atoms with Crippen molar-refractivity contribution < 1.29 is 12.8 Å². The van der Waals surface area contributed by atoms with E-state index in [1.54, 1.807) is 24.3 Å². The third-order valence-corrected chi connectivity index (χ3v) is 6.10. The molecule has 0 aromatic heterocycles. The molecular weight excluding hydrogens is 313 g/mol. The first-order valence-corrected chi connectivity index (χ1v) is 9.14. The molecule has 0 aliphatic heterocycles. The predicted molar refractivity (Wildman–Crippen MR) is 88.4 cm³/mol. The van der Waals surface area contributed by atoms with Crippen molar-refractivity contribution in [1.29, 1.82) is 0 Å². The van der Waals surface area contributed by atoms with Crippen LogP contribution in [0.2, 0.25) is 0 Å². The number of sulfonamides is 1. The van der Waals surface area contributed by atoms with Gasteiger partial charge in [-0.15, -0.1) is 0 Å². The predicted octanol–water partition coefficient (Wildman–Crippen LogP) is 3.45. The van der Waals surface area contributed by atoms with E-state index in [0.29, 0.717) is 6.54 Å². The van der Waals surface area contributed by atoms with E-state index in [1.165, 1.54) is 12.1 Å². The summed E-state index contributed by atoms with van der Waals surface area (Å²) in [6, 6.07) is 11.5. The fraction of sp³-hybridized carbons (Fsp3) is 0.333. The lowest BCUT2D eigenvalue weighted by molar-refractivity contribution is 0.566. The van der Waals surface area contributed by atoms with Crippen LogP contribution in [-0.2, 0) is 15.4 Å². The van der Waals surface area contributed by atoms with Crippen LogP contribution in [0.5, 0.6) is 0 Å². The van der Waals surface area contributed by atoms with Gasteiger partial charge in [0, 0.05) is 12.0 Å². The van der Waals surface area contributed by atoms with Crippen LogP contribution in [0.1, 0.15) is 29.5 Å². The number of benzene rings is 2. The van der Waals surface area contributed by atoms with Gasteiger partial charge in [-0.1, -0.05) is 18.2 Å². The van der Waals surface area contributed by atoms with Gasteiger partial charge in [-0.05, 0) is 67.6 Å². The molecular formula is C18H20FNO2S. The quantitative estimate of drug-likeness (QED) is 0.911. The zero-order valence-electron chi connectivity index (χ0n) is 13.3. The molecule has 0 amide bonds. The van der Waals surface area contributed by atoms with Crippen molar-refractivity contribution in [2.45, 2.75) is 37.0 Å². The Morgan fingerprint density at radius 2 is 1.70 bits per heavy atom. The fourth-order valence-electron chi connectivity index (χ4n) is 2.72. The average Bonchev–Trinajstić information content (AvgIpc) is 3.30. The normalized spacial score (nSPS) is 16.3. The van der Waals surface area contributed by atoms with Crippen molar-refractivity contribution in [3.63, 3.8) is 0 Å². The average molecular weight is 333 g/mol. The fourth-order valence-corrected chi connectivity index (χ4v) is 3.93. The number of hydrogen-bond donors (Lipinski definition) is 1. The van der Waals surface area contributed by atoms with Gasteiger partial charge in [0.2, 0.25) is 10.0 Å². The van der Waals surface area contributed by atoms with Crippen LogP contribution in [0.4, 0.5) is 4.39 Å². The summed E-state index contributed by atoms with van der Waals surface area (Å²) >= 11 is 0. The van der Waals surface area contributed by atoms with Gasteiger partial charge in [0.1, 0.15) is 5.82 Å². The molecule has 1 aliphatic carbocycles. The number of nitrogens with one attached hydrogen (secondary N) is 1. The summed E-state index contributed by atoms with van der Waals surface area (Å²) in [6.07, 6.45) is 1.82. The minimum absolute atomic E-state index is 0.194. The zero-order chi connectivity index (χ0) is 16.7. The highest BCUT2D eigenvalue weighted by Crippen LogP contribution is 2.47. The molecule has 2 aromatic rings.